The van der Waals surface area contributed by atoms with E-state index in [4.69, 9.17) is 4.74 Å². The highest BCUT2D eigenvalue weighted by Gasteiger charge is 2.38. The van der Waals surface area contributed by atoms with Gasteiger partial charge in [0.05, 0.1) is 12.6 Å². The maximum Gasteiger partial charge on any atom is 0.261 e. The molecule has 0 aromatic heterocycles. The van der Waals surface area contributed by atoms with E-state index in [0.29, 0.717) is 39.6 Å². The summed E-state index contributed by atoms with van der Waals surface area (Å²) < 4.78 is 5.56. The summed E-state index contributed by atoms with van der Waals surface area (Å²) in [7, 11) is 0. The van der Waals surface area contributed by atoms with Crippen LogP contribution in [0.2, 0.25) is 0 Å². The summed E-state index contributed by atoms with van der Waals surface area (Å²) in [5.41, 5.74) is 1.27. The van der Waals surface area contributed by atoms with Gasteiger partial charge in [-0.15, -0.1) is 0 Å². The van der Waals surface area contributed by atoms with Crippen molar-refractivity contribution in [3.63, 3.8) is 0 Å². The van der Waals surface area contributed by atoms with Crippen LogP contribution in [0.1, 0.15) is 54.3 Å². The van der Waals surface area contributed by atoms with Crippen LogP contribution in [-0.4, -0.2) is 47.8 Å². The van der Waals surface area contributed by atoms with Gasteiger partial charge in [0.15, 0.2) is 0 Å². The van der Waals surface area contributed by atoms with Crippen molar-refractivity contribution in [1.29, 1.82) is 0 Å². The predicted molar refractivity (Wildman–Crippen MR) is 90.1 cm³/mol. The zero-order chi connectivity index (χ0) is 18.0. The van der Waals surface area contributed by atoms with Crippen LogP contribution in [-0.2, 0) is 4.74 Å². The third-order valence-electron chi connectivity index (χ3n) is 5.24. The first kappa shape index (κ1) is 15.2. The molecular weight excluding hydrogens is 336 g/mol. The van der Waals surface area contributed by atoms with Gasteiger partial charge in [-0.2, -0.15) is 0 Å². The summed E-state index contributed by atoms with van der Waals surface area (Å²) in [6.07, 6.45) is 1.58. The molecule has 1 N–H and O–H groups in total. The van der Waals surface area contributed by atoms with Crippen LogP contribution in [0, 0.1) is 0 Å². The summed E-state index contributed by atoms with van der Waals surface area (Å²) in [5.74, 6) is -1.87. The largest absolute Gasteiger partial charge is 0.376 e. The highest BCUT2D eigenvalue weighted by atomic mass is 16.5. The molecule has 0 spiro atoms. The molecule has 1 atom stereocenters. The number of hydrogen-bond acceptors (Lipinski definition) is 5. The summed E-state index contributed by atoms with van der Waals surface area (Å²) in [4.78, 5) is 51.4. The molecule has 0 unspecified atom stereocenters. The Bertz CT molecular complexity index is 967. The van der Waals surface area contributed by atoms with Crippen LogP contribution in [0.3, 0.4) is 0 Å². The minimum atomic E-state index is -0.520. The Balaban J connectivity index is 1.71. The lowest BCUT2D eigenvalue weighted by Gasteiger charge is -2.30. The Kier molecular flexibility index (Phi) is 3.05. The molecule has 0 saturated carbocycles. The number of hydrogen-bond donors (Lipinski definition) is 1. The lowest BCUT2D eigenvalue weighted by atomic mass is 9.86. The zero-order valence-electron chi connectivity index (χ0n) is 13.7. The number of carbonyl (C=O) groups is 4. The molecule has 0 aliphatic carbocycles. The molecule has 2 aromatic carbocycles. The van der Waals surface area contributed by atoms with Crippen LogP contribution in [0.5, 0.6) is 0 Å². The van der Waals surface area contributed by atoms with Gasteiger partial charge < -0.3 is 4.74 Å². The number of imide groups is 2. The average molecular weight is 350 g/mol. The van der Waals surface area contributed by atoms with E-state index in [9.17, 15) is 19.2 Å². The van der Waals surface area contributed by atoms with Crippen molar-refractivity contribution in [3.8, 4) is 0 Å². The molecule has 5 rings (SSSR count). The number of amides is 4. The van der Waals surface area contributed by atoms with Gasteiger partial charge in [-0.25, -0.2) is 0 Å². The molecule has 3 aliphatic heterocycles. The van der Waals surface area contributed by atoms with Crippen molar-refractivity contribution in [2.24, 2.45) is 0 Å². The van der Waals surface area contributed by atoms with Crippen LogP contribution in [0.4, 0.5) is 0 Å². The molecule has 0 bridgehead atoms. The normalized spacial score (nSPS) is 21.5. The van der Waals surface area contributed by atoms with E-state index in [1.807, 2.05) is 0 Å². The quantitative estimate of drug-likeness (QED) is 0.829. The third kappa shape index (κ3) is 1.91. The first-order valence-corrected chi connectivity index (χ1v) is 8.49. The number of nitrogens with one attached hydrogen (secondary N) is 1. The number of nitrogens with zero attached hydrogens (tertiary/aromatic N) is 1. The van der Waals surface area contributed by atoms with Gasteiger partial charge in [0, 0.05) is 39.6 Å². The van der Waals surface area contributed by atoms with Gasteiger partial charge in [0.1, 0.15) is 0 Å². The number of ether oxygens (including phenoxy) is 1. The van der Waals surface area contributed by atoms with Gasteiger partial charge in [-0.05, 0) is 37.1 Å². The van der Waals surface area contributed by atoms with Crippen molar-refractivity contribution in [2.75, 3.05) is 13.2 Å². The summed E-state index contributed by atoms with van der Waals surface area (Å²) >= 11 is 0. The second kappa shape index (κ2) is 5.22. The minimum absolute atomic E-state index is 0.148. The molecule has 7 heteroatoms. The Morgan fingerprint density at radius 1 is 0.885 bits per heavy atom. The SMILES string of the molecule is O=C1NC(=O)c2ccc3c4c(ccc1c24)C(=O)N(C[C@H]1CCCO1)C3=O. The molecule has 26 heavy (non-hydrogen) atoms. The molecule has 3 heterocycles. The Hall–Kier alpha value is -3.06. The Morgan fingerprint density at radius 2 is 1.42 bits per heavy atom. The average Bonchev–Trinajstić information content (AvgIpc) is 3.14. The van der Waals surface area contributed by atoms with Gasteiger partial charge in [0.25, 0.3) is 23.6 Å². The molecule has 130 valence electrons. The van der Waals surface area contributed by atoms with Gasteiger partial charge >= 0.3 is 0 Å². The Labute approximate surface area is 147 Å². The second-order valence-electron chi connectivity index (χ2n) is 6.71. The van der Waals surface area contributed by atoms with Gasteiger partial charge in [-0.1, -0.05) is 0 Å². The fourth-order valence-corrected chi connectivity index (χ4v) is 4.01. The Morgan fingerprint density at radius 3 is 1.96 bits per heavy atom. The van der Waals surface area contributed by atoms with E-state index in [1.54, 1.807) is 12.1 Å². The van der Waals surface area contributed by atoms with Crippen molar-refractivity contribution < 1.29 is 23.9 Å². The van der Waals surface area contributed by atoms with E-state index in [1.165, 1.54) is 17.0 Å². The molecule has 1 fully saturated rings. The van der Waals surface area contributed by atoms with E-state index in [-0.39, 0.29) is 12.6 Å². The third-order valence-corrected chi connectivity index (χ3v) is 5.24. The molecule has 2 aromatic rings. The van der Waals surface area contributed by atoms with Crippen molar-refractivity contribution in [1.82, 2.24) is 10.2 Å². The maximum absolute atomic E-state index is 13.0. The molecule has 4 amide bonds. The fraction of sp³-hybridized carbons (Fsp3) is 0.263. The summed E-state index contributed by atoms with van der Waals surface area (Å²) in [5, 5.41) is 3.05. The fourth-order valence-electron chi connectivity index (χ4n) is 4.01. The summed E-state index contributed by atoms with van der Waals surface area (Å²) in [6.45, 7) is 0.846. The summed E-state index contributed by atoms with van der Waals surface area (Å²) in [6, 6.07) is 6.17. The van der Waals surface area contributed by atoms with Crippen LogP contribution >= 0.6 is 0 Å². The standard InChI is InChI=1S/C19H14N2O5/c22-16-10-3-5-12-15-13(6-4-11(14(10)15)17(23)20-16)19(25)21(18(12)24)8-9-2-1-7-26-9/h3-6,9H,1-2,7-8H2,(H,20,22,23)/t9-/m1/s1. The monoisotopic (exact) mass is 350 g/mol. The number of carbonyl (C=O) groups excluding carboxylic acids is 4. The second-order valence-corrected chi connectivity index (χ2v) is 6.71. The lowest BCUT2D eigenvalue weighted by Crippen LogP contribution is -2.45. The highest BCUT2D eigenvalue weighted by molar-refractivity contribution is 6.33. The predicted octanol–water partition coefficient (Wildman–Crippen LogP) is 1.50. The number of rotatable bonds is 2. The molecule has 7 nitrogen and oxygen atoms in total. The topological polar surface area (TPSA) is 92.8 Å². The molecule has 1 saturated heterocycles. The molecular formula is C19H14N2O5. The van der Waals surface area contributed by atoms with E-state index in [0.717, 1.165) is 12.8 Å². The minimum Gasteiger partial charge on any atom is -0.376 e. The van der Waals surface area contributed by atoms with E-state index < -0.39 is 23.6 Å². The molecule has 3 aliphatic rings. The maximum atomic E-state index is 13.0. The van der Waals surface area contributed by atoms with Crippen molar-refractivity contribution in [3.05, 3.63) is 46.5 Å². The van der Waals surface area contributed by atoms with E-state index in [2.05, 4.69) is 5.32 Å². The van der Waals surface area contributed by atoms with Crippen LogP contribution in [0.25, 0.3) is 10.8 Å². The first-order valence-electron chi connectivity index (χ1n) is 8.49. The first-order chi connectivity index (χ1) is 12.6. The van der Waals surface area contributed by atoms with Gasteiger partial charge in [0.2, 0.25) is 0 Å². The molecule has 0 radical (unpaired) electrons. The van der Waals surface area contributed by atoms with E-state index >= 15 is 0 Å². The number of benzene rings is 2. The van der Waals surface area contributed by atoms with Crippen LogP contribution in [0.15, 0.2) is 24.3 Å². The lowest BCUT2D eigenvalue weighted by molar-refractivity contribution is 0.0437. The van der Waals surface area contributed by atoms with Crippen molar-refractivity contribution >= 4 is 34.4 Å². The zero-order valence-corrected chi connectivity index (χ0v) is 13.7. The highest BCUT2D eigenvalue weighted by Crippen LogP contribution is 2.36. The smallest absolute Gasteiger partial charge is 0.261 e. The van der Waals surface area contributed by atoms with Crippen molar-refractivity contribution in [2.45, 2.75) is 18.9 Å². The van der Waals surface area contributed by atoms with Gasteiger partial charge in [-0.3, -0.25) is 29.4 Å². The van der Waals surface area contributed by atoms with Crippen LogP contribution < -0.4 is 5.32 Å².